The minimum absolute atomic E-state index is 0.00937. The van der Waals surface area contributed by atoms with Crippen LogP contribution in [0.3, 0.4) is 0 Å². The Kier molecular flexibility index (Phi) is 8.74. The quantitative estimate of drug-likeness (QED) is 0.214. The third-order valence-corrected chi connectivity index (χ3v) is 6.70. The summed E-state index contributed by atoms with van der Waals surface area (Å²) in [5.74, 6) is -1.57. The molecule has 2 aromatic carbocycles. The fourth-order valence-electron chi connectivity index (χ4n) is 3.94. The predicted molar refractivity (Wildman–Crippen MR) is 137 cm³/mol. The molecule has 1 atom stereocenters. The van der Waals surface area contributed by atoms with Crippen molar-refractivity contribution in [3.05, 3.63) is 100 Å². The average Bonchev–Trinajstić information content (AvgIpc) is 3.37. The Morgan fingerprint density at radius 1 is 0.975 bits per heavy atom. The lowest BCUT2D eigenvalue weighted by molar-refractivity contribution is -0.274. The Morgan fingerprint density at radius 2 is 1.70 bits per heavy atom. The van der Waals surface area contributed by atoms with Gasteiger partial charge < -0.3 is 15.4 Å². The molecule has 4 rings (SSSR count). The Hall–Kier alpha value is -3.97. The van der Waals surface area contributed by atoms with Crippen molar-refractivity contribution in [3.63, 3.8) is 0 Å². The molecule has 0 aliphatic rings. The van der Waals surface area contributed by atoms with E-state index in [-0.39, 0.29) is 23.2 Å². The molecule has 0 radical (unpaired) electrons. The van der Waals surface area contributed by atoms with Gasteiger partial charge in [0.1, 0.15) is 15.6 Å². The Balaban J connectivity index is 1.60. The molecule has 0 saturated heterocycles. The number of hydrogen-bond donors (Lipinski definition) is 2. The van der Waals surface area contributed by atoms with Crippen molar-refractivity contribution in [2.45, 2.75) is 32.0 Å². The first-order valence-corrected chi connectivity index (χ1v) is 12.7. The highest BCUT2D eigenvalue weighted by molar-refractivity contribution is 7.17. The Bertz CT molecular complexity index is 1460. The summed E-state index contributed by atoms with van der Waals surface area (Å²) in [5, 5.41) is 5.66. The van der Waals surface area contributed by atoms with Crippen LogP contribution in [0, 0.1) is 0 Å². The summed E-state index contributed by atoms with van der Waals surface area (Å²) in [6.07, 6.45) is -6.54. The lowest BCUT2D eigenvalue weighted by Crippen LogP contribution is -2.25. The predicted octanol–water partition coefficient (Wildman–Crippen LogP) is 6.75. The highest BCUT2D eigenvalue weighted by atomic mass is 32.1. The van der Waals surface area contributed by atoms with Crippen LogP contribution in [0.5, 0.6) is 5.75 Å². The first-order chi connectivity index (χ1) is 18.9. The van der Waals surface area contributed by atoms with Crippen LogP contribution in [0.4, 0.5) is 26.3 Å². The highest BCUT2D eigenvalue weighted by Gasteiger charge is 2.40. The minimum Gasteiger partial charge on any atom is -0.406 e. The molecule has 6 nitrogen and oxygen atoms in total. The SMILES string of the molecule is CCNC(c1ccncc1)c1cccc(-c2nc(C(F)(F)F)c(C(=O)NCc3cccc(OC(F)(F)F)c3)s2)c1. The van der Waals surface area contributed by atoms with Crippen LogP contribution < -0.4 is 15.4 Å². The number of hydrogen-bond acceptors (Lipinski definition) is 6. The van der Waals surface area contributed by atoms with Gasteiger partial charge in [-0.1, -0.05) is 37.3 Å². The molecular weight excluding hydrogens is 558 g/mol. The molecule has 0 aliphatic heterocycles. The number of nitrogens with one attached hydrogen (secondary N) is 2. The maximum atomic E-state index is 13.9. The largest absolute Gasteiger partial charge is 0.573 e. The van der Waals surface area contributed by atoms with Gasteiger partial charge in [-0.25, -0.2) is 4.98 Å². The molecular formula is C27H22F6N4O2S. The highest BCUT2D eigenvalue weighted by Crippen LogP contribution is 2.38. The van der Waals surface area contributed by atoms with E-state index in [1.807, 2.05) is 25.1 Å². The second-order valence-corrected chi connectivity index (χ2v) is 9.47. The van der Waals surface area contributed by atoms with Gasteiger partial charge >= 0.3 is 12.5 Å². The summed E-state index contributed by atoms with van der Waals surface area (Å²) in [5.41, 5.74) is 0.935. The molecule has 0 fully saturated rings. The van der Waals surface area contributed by atoms with Crippen LogP contribution in [-0.4, -0.2) is 28.8 Å². The Morgan fingerprint density at radius 3 is 2.38 bits per heavy atom. The van der Waals surface area contributed by atoms with Gasteiger partial charge in [0.2, 0.25) is 0 Å². The number of ether oxygens (including phenoxy) is 1. The van der Waals surface area contributed by atoms with Crippen molar-refractivity contribution in [2.75, 3.05) is 6.54 Å². The zero-order chi connectivity index (χ0) is 28.9. The molecule has 2 heterocycles. The van der Waals surface area contributed by atoms with Gasteiger partial charge in [0, 0.05) is 24.5 Å². The molecule has 1 amide bonds. The van der Waals surface area contributed by atoms with Crippen molar-refractivity contribution < 1.29 is 35.9 Å². The fraction of sp³-hybridized carbons (Fsp3) is 0.222. The van der Waals surface area contributed by atoms with Gasteiger partial charge in [-0.15, -0.1) is 24.5 Å². The van der Waals surface area contributed by atoms with E-state index in [2.05, 4.69) is 25.3 Å². The summed E-state index contributed by atoms with van der Waals surface area (Å²) >= 11 is 0.576. The Labute approximate surface area is 229 Å². The summed E-state index contributed by atoms with van der Waals surface area (Å²) in [4.78, 5) is 19.9. The second kappa shape index (κ2) is 12.0. The summed E-state index contributed by atoms with van der Waals surface area (Å²) in [6.45, 7) is 2.23. The summed E-state index contributed by atoms with van der Waals surface area (Å²) in [7, 11) is 0. The zero-order valence-electron chi connectivity index (χ0n) is 20.8. The van der Waals surface area contributed by atoms with Gasteiger partial charge in [0.25, 0.3) is 5.91 Å². The number of halogens is 6. The number of thiazole rings is 1. The van der Waals surface area contributed by atoms with Gasteiger partial charge in [-0.3, -0.25) is 9.78 Å². The molecule has 0 bridgehead atoms. The molecule has 4 aromatic rings. The molecule has 13 heteroatoms. The topological polar surface area (TPSA) is 76.1 Å². The summed E-state index contributed by atoms with van der Waals surface area (Å²) in [6, 6.07) is 15.0. The van der Waals surface area contributed by atoms with E-state index in [0.717, 1.165) is 23.3 Å². The number of pyridine rings is 1. The van der Waals surface area contributed by atoms with Gasteiger partial charge in [-0.05, 0) is 53.6 Å². The minimum atomic E-state index is -4.91. The first-order valence-electron chi connectivity index (χ1n) is 11.9. The molecule has 0 saturated carbocycles. The maximum absolute atomic E-state index is 13.9. The van der Waals surface area contributed by atoms with E-state index in [4.69, 9.17) is 0 Å². The normalized spacial score (nSPS) is 12.7. The number of nitrogens with zero attached hydrogens (tertiary/aromatic N) is 2. The number of carbonyl (C=O) groups is 1. The van der Waals surface area contributed by atoms with Crippen molar-refractivity contribution >= 4 is 17.2 Å². The van der Waals surface area contributed by atoms with E-state index in [0.29, 0.717) is 23.4 Å². The van der Waals surface area contributed by atoms with Crippen molar-refractivity contribution in [3.8, 4) is 16.3 Å². The number of benzene rings is 2. The molecule has 2 aromatic heterocycles. The van der Waals surface area contributed by atoms with Gasteiger partial charge in [0.05, 0.1) is 6.04 Å². The number of rotatable bonds is 9. The monoisotopic (exact) mass is 580 g/mol. The number of carbonyl (C=O) groups excluding carboxylic acids is 1. The van der Waals surface area contributed by atoms with Crippen LogP contribution in [0.15, 0.2) is 73.1 Å². The van der Waals surface area contributed by atoms with Gasteiger partial charge in [0.15, 0.2) is 5.69 Å². The average molecular weight is 581 g/mol. The lowest BCUT2D eigenvalue weighted by Gasteiger charge is -2.19. The van der Waals surface area contributed by atoms with Crippen LogP contribution in [-0.2, 0) is 12.7 Å². The number of alkyl halides is 6. The number of amides is 1. The molecule has 0 aliphatic carbocycles. The summed E-state index contributed by atoms with van der Waals surface area (Å²) < 4.78 is 82.9. The fourth-order valence-corrected chi connectivity index (χ4v) is 4.94. The molecule has 1 unspecified atom stereocenters. The molecule has 40 heavy (non-hydrogen) atoms. The molecule has 2 N–H and O–H groups in total. The van der Waals surface area contributed by atoms with Crippen molar-refractivity contribution in [1.29, 1.82) is 0 Å². The van der Waals surface area contributed by atoms with E-state index in [1.165, 1.54) is 12.1 Å². The first kappa shape index (κ1) is 29.0. The lowest BCUT2D eigenvalue weighted by atomic mass is 9.98. The van der Waals surface area contributed by atoms with Crippen LogP contribution >= 0.6 is 11.3 Å². The molecule has 0 spiro atoms. The third kappa shape index (κ3) is 7.36. The standard InChI is InChI=1S/C27H22F6N4O2S/c1-2-35-21(17-9-11-34-12-10-17)18-6-4-7-19(14-18)25-37-23(26(28,29)30)22(40-25)24(38)36-15-16-5-3-8-20(13-16)39-27(31,32)33/h3-14,21,35H,2,15H2,1H3,(H,36,38). The second-order valence-electron chi connectivity index (χ2n) is 8.47. The van der Waals surface area contributed by atoms with E-state index < -0.39 is 34.8 Å². The molecule has 210 valence electrons. The van der Waals surface area contributed by atoms with Crippen LogP contribution in [0.25, 0.3) is 10.6 Å². The van der Waals surface area contributed by atoms with Crippen LogP contribution in [0.1, 0.15) is 45.0 Å². The van der Waals surface area contributed by atoms with E-state index in [9.17, 15) is 31.1 Å². The zero-order valence-corrected chi connectivity index (χ0v) is 21.6. The van der Waals surface area contributed by atoms with Gasteiger partial charge in [-0.2, -0.15) is 13.2 Å². The van der Waals surface area contributed by atoms with E-state index >= 15 is 0 Å². The van der Waals surface area contributed by atoms with E-state index in [1.54, 1.807) is 30.6 Å². The number of aromatic nitrogens is 2. The van der Waals surface area contributed by atoms with Crippen LogP contribution in [0.2, 0.25) is 0 Å². The smallest absolute Gasteiger partial charge is 0.406 e. The maximum Gasteiger partial charge on any atom is 0.573 e. The van der Waals surface area contributed by atoms with Crippen molar-refractivity contribution in [2.24, 2.45) is 0 Å². The van der Waals surface area contributed by atoms with Crippen molar-refractivity contribution in [1.82, 2.24) is 20.6 Å². The third-order valence-electron chi connectivity index (χ3n) is 5.60.